The predicted octanol–water partition coefficient (Wildman–Crippen LogP) is 5.61. The summed E-state index contributed by atoms with van der Waals surface area (Å²) in [7, 11) is -0.989. The van der Waals surface area contributed by atoms with E-state index in [2.05, 4.69) is 57.8 Å². The molecule has 20 heavy (non-hydrogen) atoms. The number of benzene rings is 1. The summed E-state index contributed by atoms with van der Waals surface area (Å²) in [5.74, 6) is 1.67. The Balaban J connectivity index is 2.07. The third-order valence-corrected chi connectivity index (χ3v) is 7.99. The van der Waals surface area contributed by atoms with E-state index in [-0.39, 0.29) is 5.60 Å². The quantitative estimate of drug-likeness (QED) is 0.655. The zero-order chi connectivity index (χ0) is 14.8. The molecule has 1 heterocycles. The first kappa shape index (κ1) is 15.4. The molecule has 1 atom stereocenters. The molecular formula is C18H28OSi. The summed E-state index contributed by atoms with van der Waals surface area (Å²) in [5, 5.41) is 0. The van der Waals surface area contributed by atoms with Gasteiger partial charge in [0, 0.05) is 8.07 Å². The van der Waals surface area contributed by atoms with Crippen LogP contribution in [0.15, 0.2) is 30.8 Å². The lowest BCUT2D eigenvalue weighted by atomic mass is 9.88. The van der Waals surface area contributed by atoms with Gasteiger partial charge in [0.1, 0.15) is 11.4 Å². The molecule has 110 valence electrons. The molecule has 2 rings (SSSR count). The van der Waals surface area contributed by atoms with Crippen LogP contribution < -0.4 is 4.74 Å². The lowest BCUT2D eigenvalue weighted by Crippen LogP contribution is -2.45. The van der Waals surface area contributed by atoms with Gasteiger partial charge in [0.25, 0.3) is 0 Å². The number of ether oxygens (including phenoxy) is 1. The van der Waals surface area contributed by atoms with Crippen molar-refractivity contribution in [3.05, 3.63) is 36.4 Å². The molecule has 0 saturated carbocycles. The first-order valence-corrected chi connectivity index (χ1v) is 11.2. The van der Waals surface area contributed by atoms with Gasteiger partial charge in [-0.15, -0.1) is 0 Å². The van der Waals surface area contributed by atoms with Gasteiger partial charge in [-0.2, -0.15) is 0 Å². The second-order valence-corrected chi connectivity index (χ2v) is 12.7. The summed E-state index contributed by atoms with van der Waals surface area (Å²) in [6.07, 6.45) is 4.56. The minimum absolute atomic E-state index is 0.0691. The van der Waals surface area contributed by atoms with Gasteiger partial charge in [0.05, 0.1) is 0 Å². The van der Waals surface area contributed by atoms with E-state index >= 15 is 0 Å². The molecular weight excluding hydrogens is 260 g/mol. The highest BCUT2D eigenvalue weighted by Crippen LogP contribution is 2.40. The van der Waals surface area contributed by atoms with Crippen molar-refractivity contribution in [2.24, 2.45) is 5.92 Å². The Morgan fingerprint density at radius 1 is 1.25 bits per heavy atom. The van der Waals surface area contributed by atoms with Crippen LogP contribution >= 0.6 is 0 Å². The van der Waals surface area contributed by atoms with E-state index in [1.165, 1.54) is 24.9 Å². The van der Waals surface area contributed by atoms with Crippen molar-refractivity contribution in [2.45, 2.75) is 57.5 Å². The molecule has 2 heteroatoms. The van der Waals surface area contributed by atoms with Crippen LogP contribution in [-0.2, 0) is 0 Å². The van der Waals surface area contributed by atoms with Gasteiger partial charge in [-0.05, 0) is 43.9 Å². The summed E-state index contributed by atoms with van der Waals surface area (Å²) in [6.45, 7) is 13.3. The highest BCUT2D eigenvalue weighted by molar-refractivity contribution is 6.77. The maximum atomic E-state index is 6.32. The van der Waals surface area contributed by atoms with Crippen LogP contribution in [0.3, 0.4) is 0 Å². The maximum Gasteiger partial charge on any atom is 0.120 e. The lowest BCUT2D eigenvalue weighted by molar-refractivity contribution is 0.0445. The highest BCUT2D eigenvalue weighted by atomic mass is 28.3. The summed E-state index contributed by atoms with van der Waals surface area (Å²) in [6, 6.07) is 11.1. The summed E-state index contributed by atoms with van der Waals surface area (Å²) in [5.41, 5.74) is 1.07. The fourth-order valence-corrected chi connectivity index (χ4v) is 6.75. The Morgan fingerprint density at radius 2 is 1.90 bits per heavy atom. The molecule has 0 radical (unpaired) electrons. The van der Waals surface area contributed by atoms with Gasteiger partial charge in [-0.1, -0.05) is 56.4 Å². The van der Waals surface area contributed by atoms with Crippen molar-refractivity contribution in [3.63, 3.8) is 0 Å². The Bertz CT molecular complexity index is 459. The molecule has 0 amide bonds. The molecule has 1 aliphatic heterocycles. The zero-order valence-corrected chi connectivity index (χ0v) is 14.4. The van der Waals surface area contributed by atoms with Crippen LogP contribution in [0.5, 0.6) is 5.75 Å². The second kappa shape index (κ2) is 5.77. The van der Waals surface area contributed by atoms with Gasteiger partial charge in [-0.3, -0.25) is 0 Å². The molecule has 1 aromatic carbocycles. The fourth-order valence-electron chi connectivity index (χ4n) is 3.35. The van der Waals surface area contributed by atoms with Crippen molar-refractivity contribution in [1.82, 2.24) is 0 Å². The molecule has 0 bridgehead atoms. The minimum Gasteiger partial charge on any atom is -0.488 e. The van der Waals surface area contributed by atoms with Crippen LogP contribution in [0.4, 0.5) is 0 Å². The maximum absolute atomic E-state index is 6.32. The van der Waals surface area contributed by atoms with Crippen molar-refractivity contribution in [3.8, 4) is 5.75 Å². The van der Waals surface area contributed by atoms with E-state index in [9.17, 15) is 0 Å². The first-order valence-electron chi connectivity index (χ1n) is 7.74. The molecule has 0 spiro atoms. The summed E-state index contributed by atoms with van der Waals surface area (Å²) in [4.78, 5) is 0. The summed E-state index contributed by atoms with van der Waals surface area (Å²) >= 11 is 0. The Morgan fingerprint density at radius 3 is 2.45 bits per heavy atom. The average Bonchev–Trinajstić information content (AvgIpc) is 2.38. The largest absolute Gasteiger partial charge is 0.488 e. The van der Waals surface area contributed by atoms with E-state index in [1.807, 2.05) is 6.08 Å². The molecule has 1 saturated heterocycles. The smallest absolute Gasteiger partial charge is 0.120 e. The molecule has 1 unspecified atom stereocenters. The van der Waals surface area contributed by atoms with Crippen molar-refractivity contribution in [1.29, 1.82) is 0 Å². The standard InChI is InChI=1S/C18H28OSi/c1-6-15-9-11-17(12-10-15)19-18(2,3)16-8-7-13-20(4,5)14-16/h6,9-12,16H,1,7-8,13-14H2,2-5H3. The Hall–Kier alpha value is -1.02. The van der Waals surface area contributed by atoms with E-state index in [0.29, 0.717) is 5.92 Å². The lowest BCUT2D eigenvalue weighted by Gasteiger charge is -2.42. The second-order valence-electron chi connectivity index (χ2n) is 7.44. The van der Waals surface area contributed by atoms with Crippen LogP contribution in [0.25, 0.3) is 6.08 Å². The highest BCUT2D eigenvalue weighted by Gasteiger charge is 2.39. The summed E-state index contributed by atoms with van der Waals surface area (Å²) < 4.78 is 6.32. The van der Waals surface area contributed by atoms with Gasteiger partial charge in [0.2, 0.25) is 0 Å². The minimum atomic E-state index is -0.989. The zero-order valence-electron chi connectivity index (χ0n) is 13.4. The Labute approximate surface area is 125 Å². The monoisotopic (exact) mass is 288 g/mol. The third-order valence-electron chi connectivity index (χ3n) is 4.68. The van der Waals surface area contributed by atoms with Crippen molar-refractivity contribution >= 4 is 14.1 Å². The van der Waals surface area contributed by atoms with Gasteiger partial charge in [0.15, 0.2) is 0 Å². The third kappa shape index (κ3) is 3.75. The van der Waals surface area contributed by atoms with E-state index < -0.39 is 8.07 Å². The number of rotatable bonds is 4. The molecule has 0 N–H and O–H groups in total. The number of hydrogen-bond acceptors (Lipinski definition) is 1. The molecule has 0 aliphatic carbocycles. The molecule has 1 fully saturated rings. The average molecular weight is 289 g/mol. The van der Waals surface area contributed by atoms with Gasteiger partial charge in [-0.25, -0.2) is 0 Å². The van der Waals surface area contributed by atoms with Crippen LogP contribution in [0, 0.1) is 5.92 Å². The van der Waals surface area contributed by atoms with E-state index in [1.54, 1.807) is 0 Å². The Kier molecular flexibility index (Phi) is 4.43. The molecule has 0 aromatic heterocycles. The van der Waals surface area contributed by atoms with Crippen molar-refractivity contribution < 1.29 is 4.74 Å². The SMILES string of the molecule is C=Cc1ccc(OC(C)(C)C2CCC[Si](C)(C)C2)cc1. The van der Waals surface area contributed by atoms with Crippen LogP contribution in [-0.4, -0.2) is 13.7 Å². The van der Waals surface area contributed by atoms with Gasteiger partial charge >= 0.3 is 0 Å². The van der Waals surface area contributed by atoms with Gasteiger partial charge < -0.3 is 4.74 Å². The topological polar surface area (TPSA) is 9.23 Å². The first-order chi connectivity index (χ1) is 9.32. The predicted molar refractivity (Wildman–Crippen MR) is 91.1 cm³/mol. The molecule has 1 aromatic rings. The number of hydrogen-bond donors (Lipinski definition) is 0. The molecule has 1 nitrogen and oxygen atoms in total. The normalized spacial score (nSPS) is 22.3. The fraction of sp³-hybridized carbons (Fsp3) is 0.556. The van der Waals surface area contributed by atoms with E-state index in [4.69, 9.17) is 4.74 Å². The van der Waals surface area contributed by atoms with Crippen LogP contribution in [0.1, 0.15) is 32.3 Å². The van der Waals surface area contributed by atoms with Crippen molar-refractivity contribution in [2.75, 3.05) is 0 Å². The van der Waals surface area contributed by atoms with Crippen LogP contribution in [0.2, 0.25) is 25.2 Å². The van der Waals surface area contributed by atoms with E-state index in [0.717, 1.165) is 11.3 Å². The molecule has 1 aliphatic rings.